The summed E-state index contributed by atoms with van der Waals surface area (Å²) in [5.74, 6) is -0.0967. The average Bonchev–Trinajstić information content (AvgIpc) is 2.43. The molecule has 2 nitrogen and oxygen atoms in total. The first-order valence-electron chi connectivity index (χ1n) is 9.19. The lowest BCUT2D eigenvalue weighted by atomic mass is 10.0. The van der Waals surface area contributed by atoms with Gasteiger partial charge in [-0.2, -0.15) is 0 Å². The molecule has 0 aliphatic heterocycles. The first-order chi connectivity index (χ1) is 10.2. The number of rotatable bonds is 15. The van der Waals surface area contributed by atoms with E-state index in [1.54, 1.807) is 6.92 Å². The van der Waals surface area contributed by atoms with E-state index in [-0.39, 0.29) is 12.1 Å². The Balaban J connectivity index is 3.07. The Labute approximate surface area is 133 Å². The second kappa shape index (κ2) is 15.9. The predicted octanol–water partition coefficient (Wildman–Crippen LogP) is 6.23. The number of esters is 1. The molecule has 0 saturated carbocycles. The van der Waals surface area contributed by atoms with Crippen molar-refractivity contribution in [2.45, 2.75) is 110 Å². The van der Waals surface area contributed by atoms with E-state index in [1.165, 1.54) is 70.6 Å². The smallest absolute Gasteiger partial charge is 0.306 e. The highest BCUT2D eigenvalue weighted by molar-refractivity contribution is 5.69. The maximum atomic E-state index is 11.3. The van der Waals surface area contributed by atoms with Crippen LogP contribution in [-0.4, -0.2) is 12.1 Å². The lowest BCUT2D eigenvalue weighted by Gasteiger charge is -2.07. The van der Waals surface area contributed by atoms with Crippen molar-refractivity contribution in [1.82, 2.24) is 0 Å². The quantitative estimate of drug-likeness (QED) is 0.264. The summed E-state index contributed by atoms with van der Waals surface area (Å²) in [5.41, 5.74) is 0. The van der Waals surface area contributed by atoms with E-state index in [9.17, 15) is 4.79 Å². The molecule has 0 heterocycles. The van der Waals surface area contributed by atoms with Gasteiger partial charge in [-0.3, -0.25) is 4.79 Å². The maximum Gasteiger partial charge on any atom is 0.306 e. The Morgan fingerprint density at radius 3 is 1.57 bits per heavy atom. The van der Waals surface area contributed by atoms with Crippen LogP contribution < -0.4 is 0 Å². The summed E-state index contributed by atoms with van der Waals surface area (Å²) in [6.45, 7) is 7.71. The van der Waals surface area contributed by atoms with E-state index in [0.29, 0.717) is 6.42 Å². The Bertz CT molecular complexity index is 224. The molecule has 0 saturated heterocycles. The van der Waals surface area contributed by atoms with Gasteiger partial charge in [0.2, 0.25) is 0 Å². The third-order valence-electron chi connectivity index (χ3n) is 3.82. The molecule has 0 aromatic rings. The fourth-order valence-corrected chi connectivity index (χ4v) is 2.57. The van der Waals surface area contributed by atoms with Gasteiger partial charge in [0, 0.05) is 6.42 Å². The number of hydrogen-bond acceptors (Lipinski definition) is 2. The lowest BCUT2D eigenvalue weighted by molar-refractivity contribution is -0.146. The van der Waals surface area contributed by atoms with E-state index in [2.05, 4.69) is 13.8 Å². The van der Waals surface area contributed by atoms with Crippen molar-refractivity contribution in [3.8, 4) is 0 Å². The third-order valence-corrected chi connectivity index (χ3v) is 3.82. The third kappa shape index (κ3) is 17.4. The van der Waals surface area contributed by atoms with Crippen LogP contribution in [0.2, 0.25) is 0 Å². The molecule has 0 aliphatic carbocycles. The first-order valence-corrected chi connectivity index (χ1v) is 9.19. The number of ether oxygens (including phenoxy) is 1. The molecular formula is C19H37O2. The molecule has 0 aromatic heterocycles. The van der Waals surface area contributed by atoms with Crippen molar-refractivity contribution >= 4 is 5.97 Å². The minimum Gasteiger partial charge on any atom is -0.463 e. The summed E-state index contributed by atoms with van der Waals surface area (Å²) in [6.07, 6.45) is 17.6. The van der Waals surface area contributed by atoms with E-state index < -0.39 is 0 Å². The summed E-state index contributed by atoms with van der Waals surface area (Å²) < 4.78 is 5.01. The van der Waals surface area contributed by atoms with Crippen molar-refractivity contribution in [2.24, 2.45) is 0 Å². The lowest BCUT2D eigenvalue weighted by Crippen LogP contribution is -2.11. The molecule has 0 bridgehead atoms. The Kier molecular flexibility index (Phi) is 15.5. The minimum absolute atomic E-state index is 0.0967. The van der Waals surface area contributed by atoms with Crippen molar-refractivity contribution in [1.29, 1.82) is 0 Å². The molecule has 0 aromatic carbocycles. The Morgan fingerprint density at radius 2 is 1.19 bits per heavy atom. The molecule has 0 rings (SSSR count). The molecule has 0 spiro atoms. The minimum atomic E-state index is -0.223. The predicted molar refractivity (Wildman–Crippen MR) is 91.2 cm³/mol. The van der Waals surface area contributed by atoms with Crippen LogP contribution >= 0.6 is 0 Å². The summed E-state index contributed by atoms with van der Waals surface area (Å²) in [5, 5.41) is 0. The highest BCUT2D eigenvalue weighted by atomic mass is 16.5. The highest BCUT2D eigenvalue weighted by Crippen LogP contribution is 2.13. The first kappa shape index (κ1) is 20.5. The van der Waals surface area contributed by atoms with Gasteiger partial charge in [0.25, 0.3) is 0 Å². The SMILES string of the molecule is [CH2]C(C)OC(=O)CCCCCCCCCCCCCCC. The number of unbranched alkanes of at least 4 members (excludes halogenated alkanes) is 12. The largest absolute Gasteiger partial charge is 0.463 e. The van der Waals surface area contributed by atoms with Gasteiger partial charge in [-0.05, 0) is 20.3 Å². The van der Waals surface area contributed by atoms with Crippen LogP contribution in [-0.2, 0) is 9.53 Å². The van der Waals surface area contributed by atoms with Crippen LogP contribution in [0.1, 0.15) is 104 Å². The zero-order chi connectivity index (χ0) is 15.8. The van der Waals surface area contributed by atoms with Crippen LogP contribution in [0.3, 0.4) is 0 Å². The molecule has 0 amide bonds. The molecule has 0 N–H and O–H groups in total. The number of hydrogen-bond donors (Lipinski definition) is 0. The fraction of sp³-hybridized carbons (Fsp3) is 0.895. The van der Waals surface area contributed by atoms with Gasteiger partial charge in [0.1, 0.15) is 0 Å². The standard InChI is InChI=1S/C19H37O2/c1-4-5-6-7-8-9-10-11-12-13-14-15-16-17-19(20)21-18(2)3/h18H,2,4-17H2,1,3H3. The van der Waals surface area contributed by atoms with Crippen LogP contribution in [0.5, 0.6) is 0 Å². The van der Waals surface area contributed by atoms with E-state index in [4.69, 9.17) is 4.74 Å². The number of carbonyl (C=O) groups is 1. The zero-order valence-electron chi connectivity index (χ0n) is 14.5. The molecule has 1 atom stereocenters. The normalized spacial score (nSPS) is 11.0. The van der Waals surface area contributed by atoms with Gasteiger partial charge in [0.15, 0.2) is 0 Å². The molecule has 1 radical (unpaired) electrons. The van der Waals surface area contributed by atoms with Gasteiger partial charge >= 0.3 is 5.97 Å². The second-order valence-corrected chi connectivity index (χ2v) is 6.29. The van der Waals surface area contributed by atoms with Gasteiger partial charge < -0.3 is 4.74 Å². The summed E-state index contributed by atoms with van der Waals surface area (Å²) >= 11 is 0. The van der Waals surface area contributed by atoms with E-state index in [1.807, 2.05) is 0 Å². The van der Waals surface area contributed by atoms with Crippen LogP contribution in [0.15, 0.2) is 0 Å². The Morgan fingerprint density at radius 1 is 0.810 bits per heavy atom. The molecule has 0 fully saturated rings. The summed E-state index contributed by atoms with van der Waals surface area (Å²) in [4.78, 5) is 11.3. The topological polar surface area (TPSA) is 26.3 Å². The monoisotopic (exact) mass is 297 g/mol. The summed E-state index contributed by atoms with van der Waals surface area (Å²) in [6, 6.07) is 0. The van der Waals surface area contributed by atoms with Gasteiger partial charge in [-0.25, -0.2) is 0 Å². The summed E-state index contributed by atoms with van der Waals surface area (Å²) in [7, 11) is 0. The fourth-order valence-electron chi connectivity index (χ4n) is 2.57. The van der Waals surface area contributed by atoms with E-state index >= 15 is 0 Å². The van der Waals surface area contributed by atoms with Crippen molar-refractivity contribution in [2.75, 3.05) is 0 Å². The number of carbonyl (C=O) groups excluding carboxylic acids is 1. The van der Waals surface area contributed by atoms with Crippen molar-refractivity contribution in [3.63, 3.8) is 0 Å². The average molecular weight is 298 g/mol. The maximum absolute atomic E-state index is 11.3. The molecule has 0 aliphatic rings. The second-order valence-electron chi connectivity index (χ2n) is 6.29. The zero-order valence-corrected chi connectivity index (χ0v) is 14.5. The molecule has 125 valence electrons. The van der Waals surface area contributed by atoms with Crippen molar-refractivity contribution < 1.29 is 9.53 Å². The van der Waals surface area contributed by atoms with Crippen molar-refractivity contribution in [3.05, 3.63) is 6.92 Å². The van der Waals surface area contributed by atoms with E-state index in [0.717, 1.165) is 12.8 Å². The molecule has 21 heavy (non-hydrogen) atoms. The van der Waals surface area contributed by atoms with Gasteiger partial charge in [-0.15, -0.1) is 0 Å². The molecular weight excluding hydrogens is 260 g/mol. The Hall–Kier alpha value is -0.530. The van der Waals surface area contributed by atoms with Gasteiger partial charge in [-0.1, -0.05) is 84.0 Å². The molecule has 1 unspecified atom stereocenters. The highest BCUT2D eigenvalue weighted by Gasteiger charge is 2.04. The van der Waals surface area contributed by atoms with Gasteiger partial charge in [0.05, 0.1) is 6.10 Å². The van der Waals surface area contributed by atoms with Crippen LogP contribution in [0.25, 0.3) is 0 Å². The van der Waals surface area contributed by atoms with Crippen LogP contribution in [0, 0.1) is 6.92 Å². The van der Waals surface area contributed by atoms with Crippen LogP contribution in [0.4, 0.5) is 0 Å². The molecule has 2 heteroatoms.